The van der Waals surface area contributed by atoms with E-state index >= 15 is 0 Å². The zero-order valence-corrected chi connectivity index (χ0v) is 23.3. The van der Waals surface area contributed by atoms with Gasteiger partial charge in [0.05, 0.1) is 12.5 Å². The van der Waals surface area contributed by atoms with E-state index in [4.69, 9.17) is 11.6 Å². The fraction of sp³-hybridized carbons (Fsp3) is 0.808. The summed E-state index contributed by atoms with van der Waals surface area (Å²) < 4.78 is 41.0. The Kier molecular flexibility index (Phi) is 7.28. The van der Waals surface area contributed by atoms with Crippen molar-refractivity contribution >= 4 is 41.1 Å². The van der Waals surface area contributed by atoms with E-state index in [1.165, 1.54) is 4.90 Å². The van der Waals surface area contributed by atoms with Crippen LogP contribution in [0.15, 0.2) is 0 Å². The molecule has 2 saturated heterocycles. The van der Waals surface area contributed by atoms with Gasteiger partial charge in [0.2, 0.25) is 17.7 Å². The summed E-state index contributed by atoms with van der Waals surface area (Å²) in [7, 11) is 0. The summed E-state index contributed by atoms with van der Waals surface area (Å²) in [4.78, 5) is 66.5. The topological polar surface area (TPSA) is 128 Å². The summed E-state index contributed by atoms with van der Waals surface area (Å²) in [5.74, 6) is -9.27. The molecule has 14 heteroatoms. The van der Waals surface area contributed by atoms with Crippen molar-refractivity contribution in [3.63, 3.8) is 0 Å². The van der Waals surface area contributed by atoms with Crippen LogP contribution in [0.2, 0.25) is 0 Å². The molecule has 5 aliphatic rings. The molecule has 3 saturated carbocycles. The van der Waals surface area contributed by atoms with Crippen molar-refractivity contribution in [2.75, 3.05) is 13.1 Å². The van der Waals surface area contributed by atoms with E-state index < -0.39 is 70.9 Å². The van der Waals surface area contributed by atoms with Crippen LogP contribution in [-0.4, -0.2) is 82.2 Å². The van der Waals surface area contributed by atoms with Gasteiger partial charge in [-0.25, -0.2) is 18.2 Å². The monoisotopic (exact) mass is 589 g/mol. The molecule has 3 N–H and O–H groups in total. The molecule has 3 aliphatic carbocycles. The maximum Gasteiger partial charge on any atom is 0.291 e. The van der Waals surface area contributed by atoms with Crippen molar-refractivity contribution in [3.8, 4) is 0 Å². The highest BCUT2D eigenvalue weighted by Gasteiger charge is 2.62. The normalized spacial score (nSPS) is 34.7. The van der Waals surface area contributed by atoms with Crippen molar-refractivity contribution < 1.29 is 37.1 Å². The van der Waals surface area contributed by atoms with Gasteiger partial charge in [0, 0.05) is 19.0 Å². The summed E-state index contributed by atoms with van der Waals surface area (Å²) in [6.45, 7) is 5.01. The van der Waals surface area contributed by atoms with Crippen molar-refractivity contribution in [3.05, 3.63) is 0 Å². The second-order valence-corrected chi connectivity index (χ2v) is 13.3. The maximum absolute atomic E-state index is 13.9. The Hall–Kier alpha value is -2.57. The number of rotatable bonds is 7. The SMILES string of the molecule is CC(C)(C)[C@H](NC(=O)[C@@H]1CC1(F)F)C(=O)N1C[C@@H]2CCC[C@@H]2[C@H]1C(=O)NN(C[C@H]1C(=O)N[C@@H]2C[C@@H]21)C(=O)[C@@H](F)Cl. The molecular formula is C26H35ClF3N5O5. The van der Waals surface area contributed by atoms with Gasteiger partial charge in [-0.15, -0.1) is 0 Å². The van der Waals surface area contributed by atoms with Crippen LogP contribution < -0.4 is 16.1 Å². The molecule has 40 heavy (non-hydrogen) atoms. The minimum absolute atomic E-state index is 0.00431. The highest BCUT2D eigenvalue weighted by molar-refractivity contribution is 6.29. The van der Waals surface area contributed by atoms with Gasteiger partial charge in [0.1, 0.15) is 18.0 Å². The number of hydrogen-bond donors (Lipinski definition) is 3. The molecule has 2 aliphatic heterocycles. The summed E-state index contributed by atoms with van der Waals surface area (Å²) in [5, 5.41) is 6.01. The molecule has 9 atom stereocenters. The summed E-state index contributed by atoms with van der Waals surface area (Å²) in [5.41, 5.74) is -0.882. The Morgan fingerprint density at radius 3 is 2.40 bits per heavy atom. The molecule has 0 radical (unpaired) electrons. The van der Waals surface area contributed by atoms with E-state index in [0.717, 1.165) is 24.3 Å². The Morgan fingerprint density at radius 2 is 1.85 bits per heavy atom. The molecule has 0 aromatic rings. The van der Waals surface area contributed by atoms with Gasteiger partial charge in [-0.3, -0.25) is 29.4 Å². The van der Waals surface area contributed by atoms with Gasteiger partial charge in [0.25, 0.3) is 23.4 Å². The number of nitrogens with one attached hydrogen (secondary N) is 3. The van der Waals surface area contributed by atoms with Crippen LogP contribution in [0.1, 0.15) is 52.9 Å². The van der Waals surface area contributed by atoms with Gasteiger partial charge in [-0.05, 0) is 42.4 Å². The first-order valence-electron chi connectivity index (χ1n) is 13.8. The van der Waals surface area contributed by atoms with Crippen LogP contribution in [0.3, 0.4) is 0 Å². The number of fused-ring (bicyclic) bond motifs is 2. The van der Waals surface area contributed by atoms with E-state index in [2.05, 4.69) is 16.1 Å². The van der Waals surface area contributed by atoms with E-state index in [0.29, 0.717) is 6.42 Å². The highest BCUT2D eigenvalue weighted by atomic mass is 35.5. The quantitative estimate of drug-likeness (QED) is 0.305. The van der Waals surface area contributed by atoms with Crippen LogP contribution in [0.5, 0.6) is 0 Å². The molecule has 0 bridgehead atoms. The zero-order valence-electron chi connectivity index (χ0n) is 22.6. The molecule has 5 rings (SSSR count). The van der Waals surface area contributed by atoms with Crippen LogP contribution >= 0.6 is 11.6 Å². The smallest absolute Gasteiger partial charge is 0.291 e. The lowest BCUT2D eigenvalue weighted by Gasteiger charge is -2.37. The number of likely N-dealkylation sites (tertiary alicyclic amines) is 1. The molecule has 0 aromatic carbocycles. The predicted octanol–water partition coefficient (Wildman–Crippen LogP) is 1.33. The lowest BCUT2D eigenvalue weighted by atomic mass is 9.85. The Labute approximate surface area is 235 Å². The van der Waals surface area contributed by atoms with E-state index in [9.17, 15) is 37.1 Å². The van der Waals surface area contributed by atoms with Crippen LogP contribution in [-0.2, 0) is 24.0 Å². The van der Waals surface area contributed by atoms with Gasteiger partial charge < -0.3 is 15.5 Å². The standard InChI is InChI=1S/C26H35ClF3N5O5/c1-25(2,3)18(32-21(37)15-8-26(15,29)30)23(39)34-9-11-5-4-6-12(11)17(34)22(38)33-35(24(40)19(27)28)10-14-13-7-16(13)31-20(14)36/h11-19H,4-10H2,1-3H3,(H,31,36)(H,32,37)(H,33,38)/t11-,12-,13+,14+,15-,16+,17-,18+,19+/m0/s1. The number of hydrogen-bond acceptors (Lipinski definition) is 5. The van der Waals surface area contributed by atoms with Gasteiger partial charge >= 0.3 is 0 Å². The second kappa shape index (κ2) is 10.1. The van der Waals surface area contributed by atoms with Crippen molar-refractivity contribution in [1.82, 2.24) is 26.0 Å². The molecule has 0 aromatic heterocycles. The molecule has 10 nitrogen and oxygen atoms in total. The van der Waals surface area contributed by atoms with Crippen molar-refractivity contribution in [1.29, 1.82) is 0 Å². The first kappa shape index (κ1) is 28.9. The fourth-order valence-electron chi connectivity index (χ4n) is 6.66. The minimum Gasteiger partial charge on any atom is -0.353 e. The number of amides is 5. The lowest BCUT2D eigenvalue weighted by molar-refractivity contribution is -0.151. The number of hydrazine groups is 1. The number of carbonyl (C=O) groups excluding carboxylic acids is 5. The summed E-state index contributed by atoms with van der Waals surface area (Å²) in [6, 6.07) is -2.22. The van der Waals surface area contributed by atoms with Crippen molar-refractivity contribution in [2.45, 2.75) is 82.6 Å². The fourth-order valence-corrected chi connectivity index (χ4v) is 6.77. The van der Waals surface area contributed by atoms with Crippen LogP contribution in [0, 0.1) is 35.0 Å². The van der Waals surface area contributed by atoms with Gasteiger partial charge in [-0.2, -0.15) is 0 Å². The van der Waals surface area contributed by atoms with Gasteiger partial charge in [-0.1, -0.05) is 38.8 Å². The summed E-state index contributed by atoms with van der Waals surface area (Å²) in [6.07, 6.45) is 2.38. The number of carbonyl (C=O) groups is 5. The lowest BCUT2D eigenvalue weighted by Crippen LogP contribution is -2.61. The van der Waals surface area contributed by atoms with Crippen LogP contribution in [0.25, 0.3) is 0 Å². The molecular weight excluding hydrogens is 555 g/mol. The molecule has 2 heterocycles. The largest absolute Gasteiger partial charge is 0.353 e. The third-order valence-corrected chi connectivity index (χ3v) is 9.27. The summed E-state index contributed by atoms with van der Waals surface area (Å²) >= 11 is 5.43. The van der Waals surface area contributed by atoms with Gasteiger partial charge in [0.15, 0.2) is 0 Å². The minimum atomic E-state index is -3.11. The van der Waals surface area contributed by atoms with E-state index in [1.54, 1.807) is 20.8 Å². The molecule has 5 amide bonds. The predicted molar refractivity (Wildman–Crippen MR) is 135 cm³/mol. The molecule has 0 spiro atoms. The molecule has 222 valence electrons. The highest BCUT2D eigenvalue weighted by Crippen LogP contribution is 2.49. The van der Waals surface area contributed by atoms with Crippen LogP contribution in [0.4, 0.5) is 13.2 Å². The second-order valence-electron chi connectivity index (χ2n) is 13.0. The molecule has 0 unspecified atom stereocenters. The zero-order chi connectivity index (χ0) is 29.3. The average Bonchev–Trinajstić information content (AvgIpc) is 3.54. The third-order valence-electron chi connectivity index (χ3n) is 9.08. The maximum atomic E-state index is 13.9. The Morgan fingerprint density at radius 1 is 1.18 bits per heavy atom. The van der Waals surface area contributed by atoms with Crippen molar-refractivity contribution in [2.24, 2.45) is 35.0 Å². The number of halogens is 4. The van der Waals surface area contributed by atoms with E-state index in [-0.39, 0.29) is 42.8 Å². The van der Waals surface area contributed by atoms with E-state index in [1.807, 2.05) is 0 Å². The molecule has 5 fully saturated rings. The Balaban J connectivity index is 1.36. The Bertz CT molecular complexity index is 1120. The number of piperidine rings is 1. The first-order valence-corrected chi connectivity index (χ1v) is 14.2. The number of alkyl halides is 4. The first-order chi connectivity index (χ1) is 18.6. The average molecular weight is 590 g/mol. The third kappa shape index (κ3) is 5.37. The number of nitrogens with zero attached hydrogens (tertiary/aromatic N) is 2.